The molecule has 0 amide bonds. The molecule has 0 heterocycles. The summed E-state index contributed by atoms with van der Waals surface area (Å²) in [6.45, 7) is 9.79. The summed E-state index contributed by atoms with van der Waals surface area (Å²) in [7, 11) is -1.19. The zero-order valence-corrected chi connectivity index (χ0v) is 21.9. The summed E-state index contributed by atoms with van der Waals surface area (Å²) < 4.78 is 7.80. The molecule has 0 saturated heterocycles. The molecule has 0 radical (unpaired) electrons. The Morgan fingerprint density at radius 2 is 1.71 bits per heavy atom. The Kier molecular flexibility index (Phi) is 6.67. The summed E-state index contributed by atoms with van der Waals surface area (Å²) in [5, 5.41) is 1.67. The van der Waals surface area contributed by atoms with Gasteiger partial charge in [-0.3, -0.25) is 0 Å². The summed E-state index contributed by atoms with van der Waals surface area (Å²) in [4.78, 5) is 0. The fourth-order valence-corrected chi connectivity index (χ4v) is 18.4. The maximum Gasteiger partial charge on any atom is -0.147 e. The first-order chi connectivity index (χ1) is 10.1. The zero-order valence-electron chi connectivity index (χ0n) is 15.4. The van der Waals surface area contributed by atoms with E-state index in [4.69, 9.17) is 0 Å². The van der Waals surface area contributed by atoms with E-state index in [0.29, 0.717) is 3.63 Å². The second-order valence-electron chi connectivity index (χ2n) is 9.06. The van der Waals surface area contributed by atoms with Crippen LogP contribution in [0.5, 0.6) is 0 Å². The molecule has 1 aromatic rings. The van der Waals surface area contributed by atoms with Gasteiger partial charge in [-0.25, -0.2) is 0 Å². The molecule has 2 aliphatic rings. The molecule has 0 spiro atoms. The second kappa shape index (κ2) is 7.16. The van der Waals surface area contributed by atoms with Crippen LogP contribution in [0.3, 0.4) is 0 Å². The molecule has 5 heteroatoms. The summed E-state index contributed by atoms with van der Waals surface area (Å²) in [6, 6.07) is 9.01. The minimum atomic E-state index is -2.95. The third-order valence-electron chi connectivity index (χ3n) is 5.59. The molecule has 0 bridgehead atoms. The Labute approximate surface area is 163 Å². The minimum absolute atomic E-state index is 0. The summed E-state index contributed by atoms with van der Waals surface area (Å²) >= 11 is -2.95. The third-order valence-corrected chi connectivity index (χ3v) is 25.1. The van der Waals surface area contributed by atoms with Crippen LogP contribution in [0.2, 0.25) is 28.9 Å². The van der Waals surface area contributed by atoms with Crippen molar-refractivity contribution in [3.05, 3.63) is 62.1 Å². The predicted molar refractivity (Wildman–Crippen MR) is 117 cm³/mol. The van der Waals surface area contributed by atoms with Gasteiger partial charge >= 0.3 is 139 Å². The van der Waals surface area contributed by atoms with E-state index >= 15 is 0 Å². The second-order valence-corrected chi connectivity index (χ2v) is 43.9. The maximum absolute atomic E-state index is 2.95. The van der Waals surface area contributed by atoms with Crippen LogP contribution in [0, 0.1) is 0 Å². The molecule has 0 N–H and O–H groups in total. The quantitative estimate of drug-likeness (QED) is 0.468. The predicted octanol–water partition coefficient (Wildman–Crippen LogP) is 6.02. The van der Waals surface area contributed by atoms with Crippen molar-refractivity contribution in [1.29, 1.82) is 0 Å². The van der Waals surface area contributed by atoms with Crippen molar-refractivity contribution in [3.8, 4) is 0 Å². The molecular weight excluding hydrogens is 447 g/mol. The number of hydrogen-bond acceptors (Lipinski definition) is 0. The van der Waals surface area contributed by atoms with Gasteiger partial charge in [-0.2, -0.15) is 0 Å². The standard InChI is InChI=1S/C9H7.C8H13Si.2CH3.2ClH.H2Si.Zr/c1-2-5-9-7-3-6-8(9)4-1;1-9(2,3)8-6-4-5-7-8;;;;;;/h1-7H;6-7H,4H2,1-3H3;2*1H3;2*1H;1H2;. The first kappa shape index (κ1) is 22.4. The first-order valence-corrected chi connectivity index (χ1v) is 25.3. The molecule has 132 valence electrons. The van der Waals surface area contributed by atoms with Crippen LogP contribution < -0.4 is 0 Å². The molecule has 1 atom stereocenters. The van der Waals surface area contributed by atoms with E-state index < -0.39 is 25.5 Å². The maximum atomic E-state index is 2.66. The van der Waals surface area contributed by atoms with Crippen molar-refractivity contribution in [2.75, 3.05) is 0 Å². The van der Waals surface area contributed by atoms with Crippen LogP contribution in [-0.2, 0) is 17.4 Å². The third kappa shape index (κ3) is 3.86. The van der Waals surface area contributed by atoms with Crippen LogP contribution in [0.4, 0.5) is 0 Å². The number of fused-ring (bicyclic) bond motifs is 1. The van der Waals surface area contributed by atoms with Crippen molar-refractivity contribution in [2.45, 2.75) is 39.0 Å². The van der Waals surface area contributed by atoms with Gasteiger partial charge in [0.2, 0.25) is 0 Å². The average molecular weight is 477 g/mol. The number of rotatable bonds is 3. The van der Waals surface area contributed by atoms with Gasteiger partial charge in [0.15, 0.2) is 0 Å². The molecule has 0 saturated carbocycles. The van der Waals surface area contributed by atoms with Crippen LogP contribution in [0.1, 0.15) is 21.2 Å². The molecule has 24 heavy (non-hydrogen) atoms. The van der Waals surface area contributed by atoms with Crippen molar-refractivity contribution in [3.63, 3.8) is 0 Å². The fourth-order valence-electron chi connectivity index (χ4n) is 3.88. The average Bonchev–Trinajstić information content (AvgIpc) is 3.05. The fraction of sp³-hybridized carbons (Fsp3) is 0.368. The van der Waals surface area contributed by atoms with Gasteiger partial charge in [0.25, 0.3) is 0 Å². The number of benzene rings is 1. The normalized spacial score (nSPS) is 19.8. The summed E-state index contributed by atoms with van der Waals surface area (Å²) in [5.41, 5.74) is 3.02. The van der Waals surface area contributed by atoms with Crippen molar-refractivity contribution < 1.29 is 17.4 Å². The molecule has 2 aliphatic carbocycles. The van der Waals surface area contributed by atoms with E-state index in [2.05, 4.69) is 84.4 Å². The zero-order chi connectivity index (χ0) is 16.2. The first-order valence-electron chi connectivity index (χ1n) is 8.34. The molecule has 3 rings (SSSR count). The van der Waals surface area contributed by atoms with Crippen LogP contribution in [0.15, 0.2) is 51.0 Å². The van der Waals surface area contributed by atoms with Gasteiger partial charge < -0.3 is 0 Å². The van der Waals surface area contributed by atoms with Crippen LogP contribution in [-0.4, -0.2) is 15.0 Å². The number of allylic oxidation sites excluding steroid dienone is 5. The Balaban J connectivity index is 0.00000144. The van der Waals surface area contributed by atoms with Gasteiger partial charge in [-0.1, -0.05) is 0 Å². The minimum Gasteiger partial charge on any atom is -0.147 e. The van der Waals surface area contributed by atoms with Gasteiger partial charge in [-0.05, 0) is 0 Å². The number of hydrogen-bond donors (Lipinski definition) is 0. The monoisotopic (exact) mass is 474 g/mol. The molecule has 0 aliphatic heterocycles. The largest absolute Gasteiger partial charge is 0.147 e. The van der Waals surface area contributed by atoms with E-state index in [1.165, 1.54) is 12.0 Å². The molecule has 0 nitrogen and oxygen atoms in total. The van der Waals surface area contributed by atoms with Crippen LogP contribution >= 0.6 is 24.8 Å². The topological polar surface area (TPSA) is 0 Å². The molecule has 1 unspecified atom stereocenters. The van der Waals surface area contributed by atoms with Gasteiger partial charge in [0, 0.05) is 0 Å². The SMILES string of the molecule is C[Si](C)(C)C1=CC[C]([Zr]([CH3])([CH3])(=[SiH2])[CH]2C=Cc3ccccc32)=C1.Cl.Cl. The summed E-state index contributed by atoms with van der Waals surface area (Å²) in [5.74, 6) is 0. The molecule has 1 aromatic carbocycles. The Bertz CT molecular complexity index is 792. The van der Waals surface area contributed by atoms with E-state index in [1.807, 2.05) is 3.28 Å². The van der Waals surface area contributed by atoms with Gasteiger partial charge in [-0.15, -0.1) is 24.8 Å². The Morgan fingerprint density at radius 3 is 2.29 bits per heavy atom. The van der Waals surface area contributed by atoms with E-state index in [0.717, 1.165) is 0 Å². The van der Waals surface area contributed by atoms with E-state index in [1.54, 1.807) is 10.8 Å². The van der Waals surface area contributed by atoms with E-state index in [9.17, 15) is 0 Å². The smallest absolute Gasteiger partial charge is 0.147 e. The van der Waals surface area contributed by atoms with Crippen molar-refractivity contribution in [1.82, 2.24) is 0 Å². The Hall–Kier alpha value is 0.337. The molecule has 0 fully saturated rings. The van der Waals surface area contributed by atoms with E-state index in [-0.39, 0.29) is 24.8 Å². The number of halogens is 2. The van der Waals surface area contributed by atoms with Crippen molar-refractivity contribution >= 4 is 45.8 Å². The van der Waals surface area contributed by atoms with Crippen LogP contribution in [0.25, 0.3) is 6.08 Å². The summed E-state index contributed by atoms with van der Waals surface area (Å²) in [6.07, 6.45) is 11.3. The van der Waals surface area contributed by atoms with Crippen molar-refractivity contribution in [2.24, 2.45) is 0 Å². The van der Waals surface area contributed by atoms with Gasteiger partial charge in [0.05, 0.1) is 0 Å². The molecule has 0 aromatic heterocycles. The van der Waals surface area contributed by atoms with Gasteiger partial charge in [0.1, 0.15) is 0 Å². The Morgan fingerprint density at radius 1 is 1.08 bits per heavy atom. The molecular formula is C19H30Cl2Si2Zr.